The van der Waals surface area contributed by atoms with Gasteiger partial charge in [-0.25, -0.2) is 0 Å². The van der Waals surface area contributed by atoms with Crippen LogP contribution in [-0.4, -0.2) is 16.6 Å². The first kappa shape index (κ1) is 18.6. The van der Waals surface area contributed by atoms with Crippen molar-refractivity contribution in [2.24, 2.45) is 0 Å². The van der Waals surface area contributed by atoms with Crippen molar-refractivity contribution >= 4 is 39.4 Å². The van der Waals surface area contributed by atoms with E-state index >= 15 is 0 Å². The van der Waals surface area contributed by atoms with Crippen molar-refractivity contribution in [3.05, 3.63) is 82.2 Å². The van der Waals surface area contributed by atoms with Gasteiger partial charge in [0, 0.05) is 30.2 Å². The third-order valence-corrected chi connectivity index (χ3v) is 6.09. The normalized spacial score (nSPS) is 13.4. The molecule has 0 fully saturated rings. The second kappa shape index (κ2) is 8.53. The molecule has 3 aromatic rings. The molecule has 2 heterocycles. The molecular formula is C22H20N4S2. The van der Waals surface area contributed by atoms with E-state index in [1.54, 1.807) is 11.3 Å². The average Bonchev–Trinajstić information content (AvgIpc) is 3.05. The molecule has 28 heavy (non-hydrogen) atoms. The van der Waals surface area contributed by atoms with E-state index in [0.717, 1.165) is 42.3 Å². The first-order valence-electron chi connectivity index (χ1n) is 9.17. The molecule has 140 valence electrons. The van der Waals surface area contributed by atoms with Gasteiger partial charge in [-0.3, -0.25) is 4.90 Å². The lowest BCUT2D eigenvalue weighted by Crippen LogP contribution is -2.29. The highest BCUT2D eigenvalue weighted by molar-refractivity contribution is 7.80. The number of benzene rings is 2. The summed E-state index contributed by atoms with van der Waals surface area (Å²) in [7, 11) is 0. The number of nitriles is 1. The van der Waals surface area contributed by atoms with Crippen LogP contribution >= 0.6 is 23.6 Å². The quantitative estimate of drug-likeness (QED) is 0.600. The summed E-state index contributed by atoms with van der Waals surface area (Å²) in [5.74, 6) is 0. The summed E-state index contributed by atoms with van der Waals surface area (Å²) >= 11 is 7.08. The molecule has 0 saturated heterocycles. The predicted molar refractivity (Wildman–Crippen MR) is 120 cm³/mol. The number of hydrogen-bond donors (Lipinski definition) is 2. The van der Waals surface area contributed by atoms with Gasteiger partial charge in [-0.2, -0.15) is 5.26 Å². The van der Waals surface area contributed by atoms with Gasteiger partial charge < -0.3 is 10.6 Å². The van der Waals surface area contributed by atoms with Gasteiger partial charge >= 0.3 is 0 Å². The number of hydrogen-bond acceptors (Lipinski definition) is 4. The Kier molecular flexibility index (Phi) is 5.68. The van der Waals surface area contributed by atoms with Crippen molar-refractivity contribution in [1.29, 1.82) is 5.26 Å². The van der Waals surface area contributed by atoms with E-state index in [4.69, 9.17) is 12.2 Å². The summed E-state index contributed by atoms with van der Waals surface area (Å²) in [5.41, 5.74) is 4.14. The maximum Gasteiger partial charge on any atom is 0.175 e. The lowest BCUT2D eigenvalue weighted by Gasteiger charge is -2.26. The van der Waals surface area contributed by atoms with E-state index in [1.807, 2.05) is 36.4 Å². The van der Waals surface area contributed by atoms with Crippen LogP contribution in [0, 0.1) is 11.3 Å². The standard InChI is InChI=1S/C22H20N4S2/c23-13-19-18-11-12-26(14-16-7-3-1-4-8-16)15-20(18)28-21(19)25-22(27)24-17-9-5-2-6-10-17/h1-10H,11-12,14-15H2,(H2,24,25,27). The molecule has 0 saturated carbocycles. The minimum Gasteiger partial charge on any atom is -0.332 e. The zero-order chi connectivity index (χ0) is 19.3. The fourth-order valence-electron chi connectivity index (χ4n) is 3.43. The van der Waals surface area contributed by atoms with Gasteiger partial charge in [0.2, 0.25) is 0 Å². The molecule has 0 unspecified atom stereocenters. The van der Waals surface area contributed by atoms with Crippen molar-refractivity contribution in [3.63, 3.8) is 0 Å². The Morgan fingerprint density at radius 1 is 1.07 bits per heavy atom. The Hall–Kier alpha value is -2.72. The van der Waals surface area contributed by atoms with Crippen molar-refractivity contribution in [1.82, 2.24) is 4.90 Å². The molecule has 0 bridgehead atoms. The van der Waals surface area contributed by atoms with Crippen molar-refractivity contribution in [3.8, 4) is 6.07 Å². The molecule has 0 aliphatic carbocycles. The molecule has 6 heteroatoms. The Morgan fingerprint density at radius 3 is 2.50 bits per heavy atom. The van der Waals surface area contributed by atoms with E-state index in [1.165, 1.54) is 16.0 Å². The number of nitrogens with zero attached hydrogens (tertiary/aromatic N) is 2. The van der Waals surface area contributed by atoms with Crippen LogP contribution in [0.3, 0.4) is 0 Å². The fraction of sp³-hybridized carbons (Fsp3) is 0.182. The van der Waals surface area contributed by atoms with Crippen LogP contribution in [0.25, 0.3) is 0 Å². The van der Waals surface area contributed by atoms with E-state index in [2.05, 4.69) is 45.9 Å². The Labute approximate surface area is 174 Å². The Morgan fingerprint density at radius 2 is 1.79 bits per heavy atom. The smallest absolute Gasteiger partial charge is 0.175 e. The lowest BCUT2D eigenvalue weighted by molar-refractivity contribution is 0.249. The van der Waals surface area contributed by atoms with Gasteiger partial charge in [-0.15, -0.1) is 11.3 Å². The van der Waals surface area contributed by atoms with E-state index < -0.39 is 0 Å². The van der Waals surface area contributed by atoms with Gasteiger partial charge in [-0.1, -0.05) is 48.5 Å². The maximum absolute atomic E-state index is 9.71. The highest BCUT2D eigenvalue weighted by atomic mass is 32.1. The van der Waals surface area contributed by atoms with Crippen molar-refractivity contribution in [2.45, 2.75) is 19.5 Å². The minimum absolute atomic E-state index is 0.502. The van der Waals surface area contributed by atoms with Gasteiger partial charge in [-0.05, 0) is 41.9 Å². The molecule has 0 atom stereocenters. The van der Waals surface area contributed by atoms with Crippen LogP contribution in [0.1, 0.15) is 21.6 Å². The first-order valence-corrected chi connectivity index (χ1v) is 10.4. The number of nitrogens with one attached hydrogen (secondary N) is 2. The highest BCUT2D eigenvalue weighted by Crippen LogP contribution is 2.37. The Bertz CT molecular complexity index is 1010. The van der Waals surface area contributed by atoms with Gasteiger partial charge in [0.25, 0.3) is 0 Å². The molecule has 1 aromatic heterocycles. The molecule has 1 aliphatic rings. The molecule has 4 rings (SSSR count). The van der Waals surface area contributed by atoms with Crippen LogP contribution in [0.5, 0.6) is 0 Å². The largest absolute Gasteiger partial charge is 0.332 e. The molecule has 0 spiro atoms. The molecule has 2 N–H and O–H groups in total. The summed E-state index contributed by atoms with van der Waals surface area (Å²) in [6.45, 7) is 2.75. The van der Waals surface area contributed by atoms with Gasteiger partial charge in [0.1, 0.15) is 11.1 Å². The van der Waals surface area contributed by atoms with Crippen molar-refractivity contribution in [2.75, 3.05) is 17.2 Å². The summed E-state index contributed by atoms with van der Waals surface area (Å²) in [6, 6.07) is 22.7. The SMILES string of the molecule is N#Cc1c(NC(=S)Nc2ccccc2)sc2c1CCN(Cc1ccccc1)C2. The second-order valence-corrected chi connectivity index (χ2v) is 8.22. The molecule has 0 amide bonds. The third-order valence-electron chi connectivity index (χ3n) is 4.76. The summed E-state index contributed by atoms with van der Waals surface area (Å²) in [4.78, 5) is 3.68. The Balaban J connectivity index is 1.47. The zero-order valence-corrected chi connectivity index (χ0v) is 16.9. The van der Waals surface area contributed by atoms with E-state index in [9.17, 15) is 5.26 Å². The van der Waals surface area contributed by atoms with E-state index in [-0.39, 0.29) is 0 Å². The molecule has 4 nitrogen and oxygen atoms in total. The molecule has 2 aromatic carbocycles. The number of thiocarbonyl (C=S) groups is 1. The van der Waals surface area contributed by atoms with Crippen molar-refractivity contribution < 1.29 is 0 Å². The number of rotatable bonds is 4. The number of thiophene rings is 1. The topological polar surface area (TPSA) is 51.1 Å². The van der Waals surface area contributed by atoms with Crippen LogP contribution < -0.4 is 10.6 Å². The fourth-order valence-corrected chi connectivity index (χ4v) is 4.96. The van der Waals surface area contributed by atoms with Crippen LogP contribution in [0.4, 0.5) is 10.7 Å². The van der Waals surface area contributed by atoms with Crippen LogP contribution in [0.15, 0.2) is 60.7 Å². The third kappa shape index (κ3) is 4.23. The van der Waals surface area contributed by atoms with Gasteiger partial charge in [0.15, 0.2) is 5.11 Å². The second-order valence-electron chi connectivity index (χ2n) is 6.71. The lowest BCUT2D eigenvalue weighted by atomic mass is 10.0. The predicted octanol–water partition coefficient (Wildman–Crippen LogP) is 4.99. The monoisotopic (exact) mass is 404 g/mol. The number of fused-ring (bicyclic) bond motifs is 1. The van der Waals surface area contributed by atoms with Crippen LogP contribution in [-0.2, 0) is 19.5 Å². The summed E-state index contributed by atoms with van der Waals surface area (Å²) < 4.78 is 0. The maximum atomic E-state index is 9.71. The van der Waals surface area contributed by atoms with Crippen LogP contribution in [0.2, 0.25) is 0 Å². The molecular weight excluding hydrogens is 384 g/mol. The zero-order valence-electron chi connectivity index (χ0n) is 15.3. The first-order chi connectivity index (χ1) is 13.7. The number of para-hydroxylation sites is 1. The minimum atomic E-state index is 0.502. The number of anilines is 2. The highest BCUT2D eigenvalue weighted by Gasteiger charge is 2.25. The molecule has 1 aliphatic heterocycles. The van der Waals surface area contributed by atoms with Gasteiger partial charge in [0.05, 0.1) is 5.56 Å². The molecule has 0 radical (unpaired) electrons. The summed E-state index contributed by atoms with van der Waals surface area (Å²) in [6.07, 6.45) is 0.891. The average molecular weight is 405 g/mol. The van der Waals surface area contributed by atoms with E-state index in [0.29, 0.717) is 5.11 Å². The summed E-state index contributed by atoms with van der Waals surface area (Å²) in [5, 5.41) is 17.4.